The van der Waals surface area contributed by atoms with E-state index in [1.54, 1.807) is 48.5 Å². The van der Waals surface area contributed by atoms with Crippen LogP contribution in [0.2, 0.25) is 0 Å². The normalized spacial score (nSPS) is 10.2. The number of carbonyl (C=O) groups is 1. The van der Waals surface area contributed by atoms with Crippen LogP contribution in [-0.4, -0.2) is 12.6 Å². The molecule has 2 aromatic carbocycles. The maximum Gasteiger partial charge on any atom is 0.343 e. The van der Waals surface area contributed by atoms with Gasteiger partial charge in [-0.3, -0.25) is 0 Å². The predicted octanol–water partition coefficient (Wildman–Crippen LogP) is 4.37. The van der Waals surface area contributed by atoms with E-state index in [1.165, 1.54) is 0 Å². The highest BCUT2D eigenvalue weighted by Crippen LogP contribution is 2.17. The summed E-state index contributed by atoms with van der Waals surface area (Å²) in [6.45, 7) is 2.80. The Bertz CT molecular complexity index is 576. The van der Waals surface area contributed by atoms with Crippen LogP contribution in [-0.2, 0) is 0 Å². The molecule has 110 valence electrons. The lowest BCUT2D eigenvalue weighted by Crippen LogP contribution is -2.08. The second kappa shape index (κ2) is 7.74. The summed E-state index contributed by atoms with van der Waals surface area (Å²) in [6.07, 6.45) is 2.11. The summed E-state index contributed by atoms with van der Waals surface area (Å²) in [4.78, 5) is 12.8. The molecule has 0 aliphatic rings. The first-order valence-corrected chi connectivity index (χ1v) is 7.38. The Hall–Kier alpha value is -1.94. The third-order valence-corrected chi connectivity index (χ3v) is 3.20. The summed E-state index contributed by atoms with van der Waals surface area (Å²) in [5.74, 6) is 0.877. The third-order valence-electron chi connectivity index (χ3n) is 2.90. The van der Waals surface area contributed by atoms with Crippen LogP contribution in [0.15, 0.2) is 53.4 Å². The van der Waals surface area contributed by atoms with Crippen molar-refractivity contribution in [2.45, 2.75) is 24.7 Å². The molecule has 0 fully saturated rings. The van der Waals surface area contributed by atoms with Gasteiger partial charge in [0.1, 0.15) is 11.5 Å². The molecule has 0 aliphatic heterocycles. The van der Waals surface area contributed by atoms with Crippen LogP contribution >= 0.6 is 12.6 Å². The van der Waals surface area contributed by atoms with Gasteiger partial charge in [-0.15, -0.1) is 12.6 Å². The first-order valence-electron chi connectivity index (χ1n) is 6.93. The van der Waals surface area contributed by atoms with Gasteiger partial charge < -0.3 is 9.47 Å². The molecular weight excluding hydrogens is 284 g/mol. The minimum Gasteiger partial charge on any atom is -0.494 e. The van der Waals surface area contributed by atoms with Gasteiger partial charge >= 0.3 is 5.97 Å². The van der Waals surface area contributed by atoms with Crippen molar-refractivity contribution >= 4 is 18.6 Å². The second-order valence-electron chi connectivity index (χ2n) is 4.61. The standard InChI is InChI=1S/C17H18O3S/c1-2-3-12-19-14-6-4-13(5-7-14)17(18)20-15-8-10-16(21)11-9-15/h4-11,21H,2-3,12H2,1H3. The highest BCUT2D eigenvalue weighted by Gasteiger charge is 2.08. The smallest absolute Gasteiger partial charge is 0.343 e. The molecule has 0 aliphatic carbocycles. The Labute approximate surface area is 130 Å². The molecule has 0 radical (unpaired) electrons. The Morgan fingerprint density at radius 3 is 2.24 bits per heavy atom. The van der Waals surface area contributed by atoms with E-state index < -0.39 is 0 Å². The van der Waals surface area contributed by atoms with Crippen LogP contribution in [0.3, 0.4) is 0 Å². The molecular formula is C17H18O3S. The minimum atomic E-state index is -0.387. The Morgan fingerprint density at radius 2 is 1.62 bits per heavy atom. The molecule has 0 aromatic heterocycles. The fourth-order valence-corrected chi connectivity index (χ4v) is 1.85. The van der Waals surface area contributed by atoms with Crippen LogP contribution in [0.25, 0.3) is 0 Å². The molecule has 0 heterocycles. The zero-order valence-corrected chi connectivity index (χ0v) is 12.8. The average Bonchev–Trinajstić information content (AvgIpc) is 2.50. The summed E-state index contributed by atoms with van der Waals surface area (Å²) in [6, 6.07) is 13.9. The lowest BCUT2D eigenvalue weighted by atomic mass is 10.2. The Morgan fingerprint density at radius 1 is 1.00 bits per heavy atom. The number of carbonyl (C=O) groups excluding carboxylic acids is 1. The number of unbranched alkanes of at least 4 members (excludes halogenated alkanes) is 1. The van der Waals surface area contributed by atoms with Gasteiger partial charge in [0.2, 0.25) is 0 Å². The Balaban J connectivity index is 1.94. The van der Waals surface area contributed by atoms with Crippen molar-refractivity contribution in [2.75, 3.05) is 6.61 Å². The summed E-state index contributed by atoms with van der Waals surface area (Å²) in [5, 5.41) is 0. The lowest BCUT2D eigenvalue weighted by Gasteiger charge is -2.07. The zero-order valence-electron chi connectivity index (χ0n) is 11.9. The summed E-state index contributed by atoms with van der Waals surface area (Å²) >= 11 is 4.18. The van der Waals surface area contributed by atoms with E-state index >= 15 is 0 Å². The highest BCUT2D eigenvalue weighted by molar-refractivity contribution is 7.80. The van der Waals surface area contributed by atoms with Gasteiger partial charge in [0, 0.05) is 4.90 Å². The SMILES string of the molecule is CCCCOc1ccc(C(=O)Oc2ccc(S)cc2)cc1. The predicted molar refractivity (Wildman–Crippen MR) is 85.5 cm³/mol. The number of ether oxygens (including phenoxy) is 2. The number of hydrogen-bond donors (Lipinski definition) is 1. The van der Waals surface area contributed by atoms with Crippen LogP contribution < -0.4 is 9.47 Å². The van der Waals surface area contributed by atoms with Gasteiger partial charge in [-0.05, 0) is 55.0 Å². The Kier molecular flexibility index (Phi) is 5.69. The van der Waals surface area contributed by atoms with Gasteiger partial charge in [-0.25, -0.2) is 4.79 Å². The summed E-state index contributed by atoms with van der Waals surface area (Å²) in [5.41, 5.74) is 0.493. The monoisotopic (exact) mass is 302 g/mol. The average molecular weight is 302 g/mol. The van der Waals surface area contributed by atoms with Gasteiger partial charge in [0.15, 0.2) is 0 Å². The number of rotatable bonds is 6. The highest BCUT2D eigenvalue weighted by atomic mass is 32.1. The first kappa shape index (κ1) is 15.4. The van der Waals surface area contributed by atoms with Gasteiger partial charge in [-0.1, -0.05) is 13.3 Å². The van der Waals surface area contributed by atoms with E-state index in [-0.39, 0.29) is 5.97 Å². The molecule has 0 saturated heterocycles. The van der Waals surface area contributed by atoms with Crippen molar-refractivity contribution in [3.8, 4) is 11.5 Å². The van der Waals surface area contributed by atoms with E-state index in [2.05, 4.69) is 19.6 Å². The van der Waals surface area contributed by atoms with Crippen LogP contribution in [0.5, 0.6) is 11.5 Å². The van der Waals surface area contributed by atoms with Gasteiger partial charge in [-0.2, -0.15) is 0 Å². The van der Waals surface area contributed by atoms with Crippen LogP contribution in [0.1, 0.15) is 30.1 Å². The number of hydrogen-bond acceptors (Lipinski definition) is 4. The molecule has 4 heteroatoms. The van der Waals surface area contributed by atoms with Crippen LogP contribution in [0.4, 0.5) is 0 Å². The fourth-order valence-electron chi connectivity index (χ4n) is 1.70. The zero-order chi connectivity index (χ0) is 15.1. The van der Waals surface area contributed by atoms with E-state index in [0.717, 1.165) is 23.5 Å². The van der Waals surface area contributed by atoms with Crippen molar-refractivity contribution in [3.05, 3.63) is 54.1 Å². The van der Waals surface area contributed by atoms with E-state index in [0.29, 0.717) is 17.9 Å². The number of esters is 1. The number of thiol groups is 1. The lowest BCUT2D eigenvalue weighted by molar-refractivity contribution is 0.0734. The van der Waals surface area contributed by atoms with Crippen molar-refractivity contribution in [2.24, 2.45) is 0 Å². The van der Waals surface area contributed by atoms with Gasteiger partial charge in [0.05, 0.1) is 12.2 Å². The molecule has 0 N–H and O–H groups in total. The largest absolute Gasteiger partial charge is 0.494 e. The summed E-state index contributed by atoms with van der Waals surface area (Å²) < 4.78 is 10.8. The molecule has 0 spiro atoms. The molecule has 2 aromatic rings. The molecule has 21 heavy (non-hydrogen) atoms. The number of benzene rings is 2. The van der Waals surface area contributed by atoms with Crippen molar-refractivity contribution in [1.82, 2.24) is 0 Å². The summed E-state index contributed by atoms with van der Waals surface area (Å²) in [7, 11) is 0. The topological polar surface area (TPSA) is 35.5 Å². The second-order valence-corrected chi connectivity index (χ2v) is 5.13. The minimum absolute atomic E-state index is 0.387. The molecule has 0 saturated carbocycles. The molecule has 0 amide bonds. The van der Waals surface area contributed by atoms with Crippen LogP contribution in [0, 0.1) is 0 Å². The molecule has 0 bridgehead atoms. The van der Waals surface area contributed by atoms with E-state index in [4.69, 9.17) is 9.47 Å². The van der Waals surface area contributed by atoms with E-state index in [9.17, 15) is 4.79 Å². The third kappa shape index (κ3) is 4.83. The fraction of sp³-hybridized carbons (Fsp3) is 0.235. The molecule has 0 unspecified atom stereocenters. The van der Waals surface area contributed by atoms with E-state index in [1.807, 2.05) is 0 Å². The quantitative estimate of drug-likeness (QED) is 0.372. The molecule has 0 atom stereocenters. The molecule has 2 rings (SSSR count). The maximum atomic E-state index is 12.0. The van der Waals surface area contributed by atoms with Crippen molar-refractivity contribution < 1.29 is 14.3 Å². The first-order chi connectivity index (χ1) is 10.2. The molecule has 3 nitrogen and oxygen atoms in total. The maximum absolute atomic E-state index is 12.0. The van der Waals surface area contributed by atoms with Crippen molar-refractivity contribution in [3.63, 3.8) is 0 Å². The van der Waals surface area contributed by atoms with Gasteiger partial charge in [0.25, 0.3) is 0 Å². The van der Waals surface area contributed by atoms with Crippen molar-refractivity contribution in [1.29, 1.82) is 0 Å².